The van der Waals surface area contributed by atoms with Crippen molar-refractivity contribution in [3.8, 4) is 0 Å². The van der Waals surface area contributed by atoms with Crippen LogP contribution in [0.5, 0.6) is 0 Å². The zero-order valence-corrected chi connectivity index (χ0v) is 16.6. The average Bonchev–Trinajstić information content (AvgIpc) is 2.95. The van der Waals surface area contributed by atoms with Crippen LogP contribution < -0.4 is 10.2 Å². The van der Waals surface area contributed by atoms with Crippen LogP contribution in [0.3, 0.4) is 0 Å². The van der Waals surface area contributed by atoms with E-state index in [1.54, 1.807) is 6.07 Å². The highest BCUT2D eigenvalue weighted by atomic mass is 35.5. The molecular formula is C21H17ClN2O6. The highest BCUT2D eigenvalue weighted by molar-refractivity contribution is 6.53. The Hall–Kier alpha value is -3.65. The van der Waals surface area contributed by atoms with Gasteiger partial charge in [0.25, 0.3) is 11.8 Å². The van der Waals surface area contributed by atoms with Crippen LogP contribution in [-0.2, 0) is 14.3 Å². The number of esters is 1. The Morgan fingerprint density at radius 3 is 2.40 bits per heavy atom. The smallest absolute Gasteiger partial charge is 0.338 e. The fraction of sp³-hybridized carbons (Fsp3) is 0.143. The van der Waals surface area contributed by atoms with Crippen LogP contribution in [0.1, 0.15) is 34.1 Å². The van der Waals surface area contributed by atoms with Gasteiger partial charge in [0, 0.05) is 5.69 Å². The average molecular weight is 429 g/mol. The van der Waals surface area contributed by atoms with Crippen molar-refractivity contribution < 1.29 is 29.0 Å². The molecule has 1 aliphatic rings. The molecule has 0 fully saturated rings. The Morgan fingerprint density at radius 2 is 1.77 bits per heavy atom. The van der Waals surface area contributed by atoms with Crippen LogP contribution in [0.25, 0.3) is 0 Å². The topological polar surface area (TPSA) is 113 Å². The molecule has 0 radical (unpaired) electrons. The van der Waals surface area contributed by atoms with Crippen molar-refractivity contribution in [2.45, 2.75) is 13.3 Å². The number of hydrogen-bond acceptors (Lipinski definition) is 6. The van der Waals surface area contributed by atoms with Crippen molar-refractivity contribution in [3.63, 3.8) is 0 Å². The zero-order chi connectivity index (χ0) is 21.8. The molecule has 30 heavy (non-hydrogen) atoms. The van der Waals surface area contributed by atoms with Crippen LogP contribution in [-0.4, -0.2) is 35.5 Å². The van der Waals surface area contributed by atoms with Gasteiger partial charge >= 0.3 is 11.9 Å². The molecule has 0 bridgehead atoms. The first-order chi connectivity index (χ1) is 14.3. The van der Waals surface area contributed by atoms with E-state index in [4.69, 9.17) is 21.4 Å². The monoisotopic (exact) mass is 428 g/mol. The molecular weight excluding hydrogens is 412 g/mol. The molecule has 2 amide bonds. The van der Waals surface area contributed by atoms with E-state index in [9.17, 15) is 19.2 Å². The molecule has 2 aromatic rings. The summed E-state index contributed by atoms with van der Waals surface area (Å²) < 4.78 is 5.04. The molecule has 1 aliphatic heterocycles. The van der Waals surface area contributed by atoms with Crippen molar-refractivity contribution >= 4 is 46.7 Å². The normalized spacial score (nSPS) is 13.6. The third-order valence-corrected chi connectivity index (χ3v) is 4.56. The van der Waals surface area contributed by atoms with E-state index in [0.29, 0.717) is 18.7 Å². The van der Waals surface area contributed by atoms with Gasteiger partial charge in [0.1, 0.15) is 10.7 Å². The fourth-order valence-corrected chi connectivity index (χ4v) is 2.96. The van der Waals surface area contributed by atoms with Gasteiger partial charge in [-0.25, -0.2) is 14.5 Å². The minimum absolute atomic E-state index is 0.0101. The largest absolute Gasteiger partial charge is 0.478 e. The quantitative estimate of drug-likeness (QED) is 0.513. The molecule has 2 aromatic carbocycles. The Morgan fingerprint density at radius 1 is 1.07 bits per heavy atom. The molecule has 0 atom stereocenters. The van der Waals surface area contributed by atoms with Gasteiger partial charge in [-0.1, -0.05) is 24.6 Å². The predicted molar refractivity (Wildman–Crippen MR) is 109 cm³/mol. The van der Waals surface area contributed by atoms with E-state index in [1.807, 2.05) is 6.92 Å². The van der Waals surface area contributed by atoms with Gasteiger partial charge in [-0.3, -0.25) is 9.59 Å². The first-order valence-corrected chi connectivity index (χ1v) is 9.37. The molecule has 0 saturated heterocycles. The summed E-state index contributed by atoms with van der Waals surface area (Å²) in [5.41, 5.74) is 0.645. The highest BCUT2D eigenvalue weighted by Gasteiger charge is 2.39. The Balaban J connectivity index is 1.81. The second kappa shape index (κ2) is 8.79. The molecule has 0 aliphatic carbocycles. The second-order valence-electron chi connectivity index (χ2n) is 6.33. The number of carboxylic acid groups (broad SMARTS) is 1. The number of carbonyl (C=O) groups is 4. The van der Waals surface area contributed by atoms with Crippen molar-refractivity contribution in [1.29, 1.82) is 0 Å². The zero-order valence-electron chi connectivity index (χ0n) is 15.8. The second-order valence-corrected chi connectivity index (χ2v) is 6.71. The lowest BCUT2D eigenvalue weighted by molar-refractivity contribution is -0.120. The number of anilines is 2. The molecule has 2 N–H and O–H groups in total. The fourth-order valence-electron chi connectivity index (χ4n) is 2.74. The third-order valence-electron chi connectivity index (χ3n) is 4.20. The summed E-state index contributed by atoms with van der Waals surface area (Å²) in [5, 5.41) is 11.5. The first-order valence-electron chi connectivity index (χ1n) is 8.99. The molecule has 0 spiro atoms. The molecule has 8 nitrogen and oxygen atoms in total. The van der Waals surface area contributed by atoms with E-state index in [2.05, 4.69) is 5.32 Å². The number of amides is 2. The summed E-state index contributed by atoms with van der Waals surface area (Å²) in [6, 6.07) is 11.5. The lowest BCUT2D eigenvalue weighted by Gasteiger charge is -2.15. The van der Waals surface area contributed by atoms with Gasteiger partial charge in [-0.05, 0) is 48.9 Å². The van der Waals surface area contributed by atoms with E-state index in [1.165, 1.54) is 42.5 Å². The van der Waals surface area contributed by atoms with Crippen LogP contribution >= 0.6 is 11.6 Å². The van der Waals surface area contributed by atoms with Crippen molar-refractivity contribution in [3.05, 3.63) is 70.4 Å². The highest BCUT2D eigenvalue weighted by Crippen LogP contribution is 2.30. The molecule has 0 aromatic heterocycles. The Bertz CT molecular complexity index is 1060. The van der Waals surface area contributed by atoms with Crippen LogP contribution in [0.2, 0.25) is 0 Å². The molecule has 0 unspecified atom stereocenters. The number of nitrogens with one attached hydrogen (secondary N) is 1. The predicted octanol–water partition coefficient (Wildman–Crippen LogP) is 3.39. The maximum Gasteiger partial charge on any atom is 0.338 e. The number of hydrogen-bond donors (Lipinski definition) is 2. The number of aromatic carboxylic acids is 1. The van der Waals surface area contributed by atoms with Crippen LogP contribution in [0.15, 0.2) is 59.3 Å². The number of benzene rings is 2. The van der Waals surface area contributed by atoms with Crippen molar-refractivity contribution in [2.75, 3.05) is 16.8 Å². The molecule has 0 saturated carbocycles. The number of carboxylic acids is 1. The van der Waals surface area contributed by atoms with E-state index >= 15 is 0 Å². The molecule has 1 heterocycles. The van der Waals surface area contributed by atoms with Gasteiger partial charge in [0.15, 0.2) is 0 Å². The number of nitrogens with zero attached hydrogens (tertiary/aromatic N) is 1. The SMILES string of the molecule is CCCOC(=O)c1ccc(N2C(=O)C(Cl)=C(Nc3cccc(C(=O)O)c3)C2=O)cc1. The van der Waals surface area contributed by atoms with Crippen LogP contribution in [0, 0.1) is 0 Å². The standard InChI is InChI=1S/C21H17ClN2O6/c1-2-10-30-21(29)12-6-8-15(9-7-12)24-18(25)16(22)17(19(24)26)23-14-5-3-4-13(11-14)20(27)28/h3-9,11,23H,2,10H2,1H3,(H,27,28). The van der Waals surface area contributed by atoms with Gasteiger partial charge in [-0.2, -0.15) is 0 Å². The lowest BCUT2D eigenvalue weighted by atomic mass is 10.2. The van der Waals surface area contributed by atoms with E-state index in [-0.39, 0.29) is 27.5 Å². The Kier molecular flexibility index (Phi) is 6.17. The maximum absolute atomic E-state index is 12.8. The van der Waals surface area contributed by atoms with Crippen molar-refractivity contribution in [1.82, 2.24) is 0 Å². The molecule has 3 rings (SSSR count). The summed E-state index contributed by atoms with van der Waals surface area (Å²) >= 11 is 6.07. The minimum atomic E-state index is -1.13. The molecule has 154 valence electrons. The molecule has 9 heteroatoms. The minimum Gasteiger partial charge on any atom is -0.478 e. The van der Waals surface area contributed by atoms with Gasteiger partial charge in [0.05, 0.1) is 23.4 Å². The lowest BCUT2D eigenvalue weighted by Crippen LogP contribution is -2.32. The van der Waals surface area contributed by atoms with E-state index < -0.39 is 23.8 Å². The Labute approximate surface area is 176 Å². The number of carbonyl (C=O) groups excluding carboxylic acids is 3. The number of rotatable bonds is 7. The summed E-state index contributed by atoms with van der Waals surface area (Å²) in [6.07, 6.45) is 0.690. The number of halogens is 1. The number of imide groups is 1. The summed E-state index contributed by atoms with van der Waals surface area (Å²) in [4.78, 5) is 49.2. The number of ether oxygens (including phenoxy) is 1. The van der Waals surface area contributed by atoms with Gasteiger partial charge < -0.3 is 15.2 Å². The maximum atomic E-state index is 12.8. The van der Waals surface area contributed by atoms with Crippen molar-refractivity contribution in [2.24, 2.45) is 0 Å². The summed E-state index contributed by atoms with van der Waals surface area (Å²) in [6.45, 7) is 2.17. The first kappa shape index (κ1) is 21.1. The third kappa shape index (κ3) is 4.18. The summed E-state index contributed by atoms with van der Waals surface area (Å²) in [5.74, 6) is -3.07. The van der Waals surface area contributed by atoms with Crippen LogP contribution in [0.4, 0.5) is 11.4 Å². The van der Waals surface area contributed by atoms with Gasteiger partial charge in [0.2, 0.25) is 0 Å². The summed E-state index contributed by atoms with van der Waals surface area (Å²) in [7, 11) is 0. The van der Waals surface area contributed by atoms with E-state index in [0.717, 1.165) is 4.90 Å². The van der Waals surface area contributed by atoms with Gasteiger partial charge in [-0.15, -0.1) is 0 Å².